The van der Waals surface area contributed by atoms with Crippen LogP contribution in [0.3, 0.4) is 0 Å². The summed E-state index contributed by atoms with van der Waals surface area (Å²) in [6.45, 7) is 4.33. The molecular formula is C19H21N5O. The van der Waals surface area contributed by atoms with Crippen LogP contribution in [0.15, 0.2) is 59.7 Å². The summed E-state index contributed by atoms with van der Waals surface area (Å²) in [6.07, 6.45) is 0.788. The number of nitrogens with zero attached hydrogens (tertiary/aromatic N) is 4. The Labute approximate surface area is 146 Å². The predicted molar refractivity (Wildman–Crippen MR) is 98.1 cm³/mol. The van der Waals surface area contributed by atoms with Crippen molar-refractivity contribution in [2.45, 2.75) is 26.8 Å². The Kier molecular flexibility index (Phi) is 5.18. The van der Waals surface area contributed by atoms with Crippen molar-refractivity contribution in [2.75, 3.05) is 0 Å². The molecule has 25 heavy (non-hydrogen) atoms. The van der Waals surface area contributed by atoms with Gasteiger partial charge in [-0.1, -0.05) is 61.5 Å². The second-order valence-electron chi connectivity index (χ2n) is 6.29. The largest absolute Gasteiger partial charge is 0.271 e. The monoisotopic (exact) mass is 335 g/mol. The Bertz CT molecular complexity index is 883. The van der Waals surface area contributed by atoms with Gasteiger partial charge in [-0.2, -0.15) is 5.10 Å². The third-order valence-corrected chi connectivity index (χ3v) is 3.74. The molecule has 0 aliphatic carbocycles. The molecule has 6 heteroatoms. The van der Waals surface area contributed by atoms with Gasteiger partial charge in [0.05, 0.1) is 11.2 Å². The number of carbonyl (C=O) groups excluding carboxylic acids is 1. The average molecular weight is 335 g/mol. The maximum Gasteiger partial charge on any atom is 0.261 e. The fourth-order valence-electron chi connectivity index (χ4n) is 2.58. The first kappa shape index (κ1) is 16.8. The Balaban J connectivity index is 1.73. The molecule has 1 amide bonds. The van der Waals surface area contributed by atoms with Crippen LogP contribution in [0.25, 0.3) is 11.0 Å². The van der Waals surface area contributed by atoms with Crippen molar-refractivity contribution in [2.24, 2.45) is 11.0 Å². The van der Waals surface area contributed by atoms with E-state index >= 15 is 0 Å². The van der Waals surface area contributed by atoms with E-state index in [2.05, 4.69) is 34.7 Å². The van der Waals surface area contributed by atoms with E-state index < -0.39 is 0 Å². The Morgan fingerprint density at radius 1 is 1.12 bits per heavy atom. The number of benzene rings is 2. The smallest absolute Gasteiger partial charge is 0.261 e. The lowest BCUT2D eigenvalue weighted by Gasteiger charge is -2.10. The van der Waals surface area contributed by atoms with Crippen molar-refractivity contribution < 1.29 is 4.79 Å². The molecule has 0 aliphatic heterocycles. The van der Waals surface area contributed by atoms with Crippen LogP contribution in [0.4, 0.5) is 0 Å². The van der Waals surface area contributed by atoms with Gasteiger partial charge in [-0.3, -0.25) is 4.79 Å². The van der Waals surface area contributed by atoms with Gasteiger partial charge in [-0.25, -0.2) is 10.1 Å². The summed E-state index contributed by atoms with van der Waals surface area (Å²) in [5, 5.41) is 12.4. The lowest BCUT2D eigenvalue weighted by molar-refractivity contribution is -0.121. The van der Waals surface area contributed by atoms with Gasteiger partial charge in [0.25, 0.3) is 5.91 Å². The molecular weight excluding hydrogens is 314 g/mol. The summed E-state index contributed by atoms with van der Waals surface area (Å²) in [5.41, 5.74) is 6.13. The summed E-state index contributed by atoms with van der Waals surface area (Å²) >= 11 is 0. The molecule has 1 N–H and O–H groups in total. The van der Waals surface area contributed by atoms with Crippen LogP contribution in [-0.4, -0.2) is 26.6 Å². The molecule has 0 saturated heterocycles. The predicted octanol–water partition coefficient (Wildman–Crippen LogP) is 3.00. The molecule has 3 rings (SSSR count). The number of amides is 1. The summed E-state index contributed by atoms with van der Waals surface area (Å²) in [5.74, 6) is 0.211. The molecule has 1 heterocycles. The molecule has 0 bridgehead atoms. The lowest BCUT2D eigenvalue weighted by Crippen LogP contribution is -2.25. The summed E-state index contributed by atoms with van der Waals surface area (Å²) < 4.78 is 1.57. The van der Waals surface area contributed by atoms with Crippen LogP contribution in [0.1, 0.15) is 25.8 Å². The van der Waals surface area contributed by atoms with Crippen LogP contribution in [0.2, 0.25) is 0 Å². The van der Waals surface area contributed by atoms with Gasteiger partial charge in [-0.15, -0.1) is 5.10 Å². The Morgan fingerprint density at radius 2 is 1.84 bits per heavy atom. The number of aromatic nitrogens is 3. The number of fused-ring (bicyclic) bond motifs is 1. The van der Waals surface area contributed by atoms with Crippen molar-refractivity contribution in [3.8, 4) is 0 Å². The quantitative estimate of drug-likeness (QED) is 0.556. The number of hydrogen-bond acceptors (Lipinski definition) is 4. The molecule has 0 saturated carbocycles. The minimum Gasteiger partial charge on any atom is -0.271 e. The third kappa shape index (κ3) is 4.29. The normalized spacial score (nSPS) is 11.9. The highest BCUT2D eigenvalue weighted by atomic mass is 16.2. The van der Waals surface area contributed by atoms with E-state index in [0.29, 0.717) is 5.92 Å². The topological polar surface area (TPSA) is 72.2 Å². The van der Waals surface area contributed by atoms with Gasteiger partial charge in [0.15, 0.2) is 0 Å². The minimum atomic E-state index is -0.229. The molecule has 128 valence electrons. The molecule has 0 spiro atoms. The second kappa shape index (κ2) is 7.70. The summed E-state index contributed by atoms with van der Waals surface area (Å²) in [4.78, 5) is 12.3. The molecule has 0 unspecified atom stereocenters. The van der Waals surface area contributed by atoms with Crippen LogP contribution < -0.4 is 5.43 Å². The van der Waals surface area contributed by atoms with Gasteiger partial charge in [0.1, 0.15) is 12.1 Å². The van der Waals surface area contributed by atoms with Gasteiger partial charge >= 0.3 is 0 Å². The third-order valence-electron chi connectivity index (χ3n) is 3.74. The van der Waals surface area contributed by atoms with Crippen LogP contribution in [0, 0.1) is 5.92 Å². The first-order valence-corrected chi connectivity index (χ1v) is 8.32. The molecule has 1 aromatic heterocycles. The number of hydrazone groups is 1. The van der Waals surface area contributed by atoms with Gasteiger partial charge < -0.3 is 0 Å². The first-order chi connectivity index (χ1) is 12.1. The van der Waals surface area contributed by atoms with Crippen molar-refractivity contribution in [1.82, 2.24) is 20.4 Å². The highest BCUT2D eigenvalue weighted by Gasteiger charge is 2.10. The van der Waals surface area contributed by atoms with Crippen LogP contribution >= 0.6 is 0 Å². The Morgan fingerprint density at radius 3 is 2.60 bits per heavy atom. The molecule has 0 atom stereocenters. The van der Waals surface area contributed by atoms with Crippen molar-refractivity contribution >= 4 is 22.7 Å². The van der Waals surface area contributed by atoms with Crippen molar-refractivity contribution in [3.63, 3.8) is 0 Å². The van der Waals surface area contributed by atoms with Crippen LogP contribution in [0.5, 0.6) is 0 Å². The zero-order valence-electron chi connectivity index (χ0n) is 14.4. The number of hydrogen-bond donors (Lipinski definition) is 1. The maximum atomic E-state index is 12.3. The highest BCUT2D eigenvalue weighted by molar-refractivity contribution is 6.01. The number of rotatable bonds is 6. The second-order valence-corrected chi connectivity index (χ2v) is 6.29. The molecule has 0 aliphatic rings. The number of carbonyl (C=O) groups is 1. The summed E-state index contributed by atoms with van der Waals surface area (Å²) in [7, 11) is 0. The molecule has 0 radical (unpaired) electrons. The van der Waals surface area contributed by atoms with Crippen LogP contribution in [-0.2, 0) is 11.3 Å². The molecule has 3 aromatic rings. The maximum absolute atomic E-state index is 12.3. The van der Waals surface area contributed by atoms with E-state index in [9.17, 15) is 4.79 Å². The van der Waals surface area contributed by atoms with E-state index in [1.807, 2.05) is 54.6 Å². The van der Waals surface area contributed by atoms with Crippen molar-refractivity contribution in [3.05, 3.63) is 60.2 Å². The first-order valence-electron chi connectivity index (χ1n) is 8.32. The van der Waals surface area contributed by atoms with Gasteiger partial charge in [0.2, 0.25) is 0 Å². The highest BCUT2D eigenvalue weighted by Crippen LogP contribution is 2.11. The zero-order chi connectivity index (χ0) is 17.6. The fraction of sp³-hybridized carbons (Fsp3) is 0.263. The minimum absolute atomic E-state index is 0.0771. The number of para-hydroxylation sites is 1. The van der Waals surface area contributed by atoms with E-state index in [4.69, 9.17) is 0 Å². The van der Waals surface area contributed by atoms with Gasteiger partial charge in [-0.05, 0) is 30.0 Å². The Hall–Kier alpha value is -3.02. The lowest BCUT2D eigenvalue weighted by atomic mass is 10.0. The summed E-state index contributed by atoms with van der Waals surface area (Å²) in [6, 6.07) is 17.4. The van der Waals surface area contributed by atoms with Crippen molar-refractivity contribution in [1.29, 1.82) is 0 Å². The molecule has 2 aromatic carbocycles. The van der Waals surface area contributed by atoms with E-state index in [0.717, 1.165) is 28.7 Å². The standard InChI is InChI=1S/C19H21N5O/c1-14(2)12-17(15-8-4-3-5-9-15)20-22-19(25)13-24-18-11-7-6-10-16(18)21-23-24/h3-11,14H,12-13H2,1-2H3,(H,22,25)/b20-17-. The fourth-order valence-corrected chi connectivity index (χ4v) is 2.58. The number of nitrogens with one attached hydrogen (secondary N) is 1. The average Bonchev–Trinajstić information content (AvgIpc) is 3.02. The molecule has 0 fully saturated rings. The van der Waals surface area contributed by atoms with Gasteiger partial charge in [0, 0.05) is 0 Å². The van der Waals surface area contributed by atoms with E-state index in [-0.39, 0.29) is 12.5 Å². The van der Waals surface area contributed by atoms with E-state index in [1.54, 1.807) is 4.68 Å². The van der Waals surface area contributed by atoms with E-state index in [1.165, 1.54) is 0 Å². The zero-order valence-corrected chi connectivity index (χ0v) is 14.4. The molecule has 6 nitrogen and oxygen atoms in total. The SMILES string of the molecule is CC(C)C/C(=N/NC(=O)Cn1nnc2ccccc21)c1ccccc1.